The Labute approximate surface area is 120 Å². The van der Waals surface area contributed by atoms with Crippen molar-refractivity contribution in [1.29, 1.82) is 0 Å². The van der Waals surface area contributed by atoms with Crippen LogP contribution in [0.3, 0.4) is 0 Å². The van der Waals surface area contributed by atoms with Crippen LogP contribution in [-0.4, -0.2) is 39.8 Å². The Kier molecular flexibility index (Phi) is 4.31. The molecule has 0 saturated carbocycles. The molecule has 1 amide bonds. The van der Waals surface area contributed by atoms with E-state index < -0.39 is 4.92 Å². The van der Waals surface area contributed by atoms with E-state index in [9.17, 15) is 14.9 Å². The fourth-order valence-corrected chi connectivity index (χ4v) is 3.25. The monoisotopic (exact) mass is 300 g/mol. The molecule has 1 heterocycles. The van der Waals surface area contributed by atoms with E-state index in [4.69, 9.17) is 11.6 Å². The second-order valence-corrected chi connectivity index (χ2v) is 5.90. The van der Waals surface area contributed by atoms with Gasteiger partial charge in [0, 0.05) is 35.7 Å². The van der Waals surface area contributed by atoms with Crippen molar-refractivity contribution >= 4 is 35.0 Å². The summed E-state index contributed by atoms with van der Waals surface area (Å²) in [5.74, 6) is 1.70. The van der Waals surface area contributed by atoms with Crippen molar-refractivity contribution in [1.82, 2.24) is 4.90 Å². The molecule has 0 radical (unpaired) electrons. The molecule has 0 spiro atoms. The van der Waals surface area contributed by atoms with Crippen LogP contribution in [0.2, 0.25) is 5.02 Å². The number of nitrogens with zero attached hydrogens (tertiary/aromatic N) is 2. The summed E-state index contributed by atoms with van der Waals surface area (Å²) < 4.78 is 0. The van der Waals surface area contributed by atoms with Crippen molar-refractivity contribution in [2.45, 2.75) is 13.0 Å². The van der Waals surface area contributed by atoms with Crippen LogP contribution in [-0.2, 0) is 0 Å². The summed E-state index contributed by atoms with van der Waals surface area (Å²) in [5, 5.41) is 10.7. The number of hydrogen-bond donors (Lipinski definition) is 0. The topological polar surface area (TPSA) is 63.5 Å². The summed E-state index contributed by atoms with van der Waals surface area (Å²) in [6.45, 7) is 2.69. The molecule has 19 heavy (non-hydrogen) atoms. The summed E-state index contributed by atoms with van der Waals surface area (Å²) >= 11 is 7.65. The number of rotatable bonds is 2. The van der Waals surface area contributed by atoms with Crippen molar-refractivity contribution in [2.24, 2.45) is 0 Å². The third-order valence-electron chi connectivity index (χ3n) is 3.02. The molecule has 0 N–H and O–H groups in total. The van der Waals surface area contributed by atoms with Gasteiger partial charge in [0.25, 0.3) is 11.6 Å². The summed E-state index contributed by atoms with van der Waals surface area (Å²) in [6, 6.07) is 4.27. The molecule has 2 rings (SSSR count). The molecule has 0 bridgehead atoms. The number of nitro groups is 1. The van der Waals surface area contributed by atoms with Gasteiger partial charge in [-0.15, -0.1) is 0 Å². The molecule has 102 valence electrons. The predicted octanol–water partition coefficient (Wildman–Crippen LogP) is 2.83. The number of carbonyl (C=O) groups excluding carboxylic acids is 1. The van der Waals surface area contributed by atoms with Crippen LogP contribution < -0.4 is 0 Å². The van der Waals surface area contributed by atoms with E-state index in [1.165, 1.54) is 18.2 Å². The van der Waals surface area contributed by atoms with Crippen molar-refractivity contribution in [3.8, 4) is 0 Å². The van der Waals surface area contributed by atoms with Crippen LogP contribution in [0.15, 0.2) is 18.2 Å². The van der Waals surface area contributed by atoms with Crippen LogP contribution in [0.4, 0.5) is 5.69 Å². The van der Waals surface area contributed by atoms with Gasteiger partial charge in [0.05, 0.1) is 4.92 Å². The molecule has 0 aromatic heterocycles. The van der Waals surface area contributed by atoms with Gasteiger partial charge >= 0.3 is 0 Å². The molecule has 0 aliphatic carbocycles. The number of halogens is 1. The van der Waals surface area contributed by atoms with Crippen LogP contribution in [0.1, 0.15) is 17.3 Å². The van der Waals surface area contributed by atoms with E-state index in [2.05, 4.69) is 0 Å². The fourth-order valence-electron chi connectivity index (χ4n) is 1.98. The number of hydrogen-bond acceptors (Lipinski definition) is 4. The summed E-state index contributed by atoms with van der Waals surface area (Å²) in [7, 11) is 0. The number of carbonyl (C=O) groups is 1. The van der Waals surface area contributed by atoms with Crippen LogP contribution >= 0.6 is 23.4 Å². The highest BCUT2D eigenvalue weighted by atomic mass is 35.5. The standard InChI is InChI=1S/C12H13ClN2O3S/c1-8-7-19-5-4-14(8)12(16)9-2-3-11(15(17)18)10(13)6-9/h2-3,6,8H,4-5,7H2,1H3. The first-order chi connectivity index (χ1) is 9.00. The van der Waals surface area contributed by atoms with Crippen LogP contribution in [0.25, 0.3) is 0 Å². The molecule has 5 nitrogen and oxygen atoms in total. The Bertz CT molecular complexity index is 524. The second-order valence-electron chi connectivity index (χ2n) is 4.35. The fraction of sp³-hybridized carbons (Fsp3) is 0.417. The lowest BCUT2D eigenvalue weighted by Gasteiger charge is -2.33. The lowest BCUT2D eigenvalue weighted by molar-refractivity contribution is -0.384. The quantitative estimate of drug-likeness (QED) is 0.622. The van der Waals surface area contributed by atoms with Crippen LogP contribution in [0.5, 0.6) is 0 Å². The van der Waals surface area contributed by atoms with E-state index in [1.54, 1.807) is 4.90 Å². The molecule has 1 unspecified atom stereocenters. The normalized spacial score (nSPS) is 19.3. The summed E-state index contributed by atoms with van der Waals surface area (Å²) in [4.78, 5) is 24.2. The van der Waals surface area contributed by atoms with Gasteiger partial charge in [-0.05, 0) is 19.1 Å². The van der Waals surface area contributed by atoms with E-state index >= 15 is 0 Å². The predicted molar refractivity (Wildman–Crippen MR) is 75.9 cm³/mol. The second kappa shape index (κ2) is 5.79. The van der Waals surface area contributed by atoms with Gasteiger partial charge < -0.3 is 4.90 Å². The average Bonchev–Trinajstić information content (AvgIpc) is 2.38. The molecule has 1 aliphatic heterocycles. The molecule has 1 atom stereocenters. The lowest BCUT2D eigenvalue weighted by atomic mass is 10.1. The highest BCUT2D eigenvalue weighted by Gasteiger charge is 2.25. The van der Waals surface area contributed by atoms with Crippen molar-refractivity contribution in [3.63, 3.8) is 0 Å². The minimum Gasteiger partial charge on any atom is -0.334 e. The minimum atomic E-state index is -0.559. The van der Waals surface area contributed by atoms with Gasteiger partial charge in [0.15, 0.2) is 0 Å². The SMILES string of the molecule is CC1CSCCN1C(=O)c1ccc([N+](=O)[O-])c(Cl)c1. The Hall–Kier alpha value is -1.27. The van der Waals surface area contributed by atoms with Gasteiger partial charge in [-0.25, -0.2) is 0 Å². The maximum atomic E-state index is 12.3. The molecule has 1 aromatic carbocycles. The largest absolute Gasteiger partial charge is 0.334 e. The Morgan fingerprint density at radius 1 is 1.58 bits per heavy atom. The van der Waals surface area contributed by atoms with Crippen molar-refractivity contribution in [2.75, 3.05) is 18.1 Å². The first kappa shape index (κ1) is 14.1. The smallest absolute Gasteiger partial charge is 0.287 e. The van der Waals surface area contributed by atoms with Crippen LogP contribution in [0, 0.1) is 10.1 Å². The zero-order chi connectivity index (χ0) is 14.0. The van der Waals surface area contributed by atoms with E-state index in [0.29, 0.717) is 12.1 Å². The molecular weight excluding hydrogens is 288 g/mol. The van der Waals surface area contributed by atoms with Gasteiger partial charge in [0.1, 0.15) is 5.02 Å². The van der Waals surface area contributed by atoms with Crippen molar-refractivity contribution < 1.29 is 9.72 Å². The van der Waals surface area contributed by atoms with Gasteiger partial charge in [-0.2, -0.15) is 11.8 Å². The molecule has 1 aromatic rings. The number of benzene rings is 1. The summed E-state index contributed by atoms with van der Waals surface area (Å²) in [6.07, 6.45) is 0. The third-order valence-corrected chi connectivity index (χ3v) is 4.51. The summed E-state index contributed by atoms with van der Waals surface area (Å²) in [5.41, 5.74) is 0.217. The molecule has 1 fully saturated rings. The molecular formula is C12H13ClN2O3S. The zero-order valence-electron chi connectivity index (χ0n) is 10.3. The van der Waals surface area contributed by atoms with Gasteiger partial charge in [-0.3, -0.25) is 14.9 Å². The van der Waals surface area contributed by atoms with E-state index in [0.717, 1.165) is 11.5 Å². The Balaban J connectivity index is 2.24. The van der Waals surface area contributed by atoms with Gasteiger partial charge in [-0.1, -0.05) is 11.6 Å². The molecule has 1 aliphatic rings. The average molecular weight is 301 g/mol. The first-order valence-corrected chi connectivity index (χ1v) is 7.36. The first-order valence-electron chi connectivity index (χ1n) is 5.83. The number of nitro benzene ring substituents is 1. The third kappa shape index (κ3) is 3.01. The van der Waals surface area contributed by atoms with Crippen molar-refractivity contribution in [3.05, 3.63) is 38.9 Å². The lowest BCUT2D eigenvalue weighted by Crippen LogP contribution is -2.44. The highest BCUT2D eigenvalue weighted by molar-refractivity contribution is 7.99. The maximum Gasteiger partial charge on any atom is 0.287 e. The highest BCUT2D eigenvalue weighted by Crippen LogP contribution is 2.26. The number of amides is 1. The molecule has 1 saturated heterocycles. The molecule has 7 heteroatoms. The van der Waals surface area contributed by atoms with E-state index in [1.807, 2.05) is 18.7 Å². The number of thioether (sulfide) groups is 1. The Morgan fingerprint density at radius 2 is 2.32 bits per heavy atom. The van der Waals surface area contributed by atoms with E-state index in [-0.39, 0.29) is 22.7 Å². The maximum absolute atomic E-state index is 12.3. The minimum absolute atomic E-state index is 0.00473. The zero-order valence-corrected chi connectivity index (χ0v) is 11.9. The van der Waals surface area contributed by atoms with Gasteiger partial charge in [0.2, 0.25) is 0 Å². The Morgan fingerprint density at radius 3 is 2.89 bits per heavy atom.